The molecule has 22 heavy (non-hydrogen) atoms. The maximum Gasteiger partial charge on any atom is 0.262 e. The van der Waals surface area contributed by atoms with Gasteiger partial charge in [-0.1, -0.05) is 17.7 Å². The van der Waals surface area contributed by atoms with Gasteiger partial charge >= 0.3 is 0 Å². The van der Waals surface area contributed by atoms with E-state index in [0.717, 1.165) is 4.88 Å². The van der Waals surface area contributed by atoms with Crippen molar-refractivity contribution in [2.75, 3.05) is 17.2 Å². The van der Waals surface area contributed by atoms with Crippen molar-refractivity contribution < 1.29 is 14.3 Å². The Labute approximate surface area is 135 Å². The second kappa shape index (κ2) is 6.21. The number of halogens is 1. The van der Waals surface area contributed by atoms with Crippen LogP contribution in [0.1, 0.15) is 4.88 Å². The number of rotatable bonds is 3. The molecule has 7 heteroatoms. The van der Waals surface area contributed by atoms with Gasteiger partial charge in [-0.25, -0.2) is 0 Å². The van der Waals surface area contributed by atoms with Gasteiger partial charge < -0.3 is 15.4 Å². The molecule has 3 rings (SSSR count). The minimum absolute atomic E-state index is 0.0553. The van der Waals surface area contributed by atoms with Crippen LogP contribution in [0.5, 0.6) is 5.75 Å². The summed E-state index contributed by atoms with van der Waals surface area (Å²) in [7, 11) is 0. The number of amides is 2. The maximum atomic E-state index is 11.9. The predicted molar refractivity (Wildman–Crippen MR) is 87.6 cm³/mol. The number of thiophene rings is 1. The third-order valence-electron chi connectivity index (χ3n) is 2.90. The van der Waals surface area contributed by atoms with Gasteiger partial charge in [-0.05, 0) is 23.6 Å². The fourth-order valence-corrected chi connectivity index (χ4v) is 2.74. The SMILES string of the molecule is O=C(C=Cc1cccs1)Nc1cc2c(cc1Cl)NC(=O)CO2. The molecule has 1 aliphatic heterocycles. The molecule has 0 fully saturated rings. The van der Waals surface area contributed by atoms with E-state index in [1.807, 2.05) is 17.5 Å². The molecule has 0 atom stereocenters. The Morgan fingerprint density at radius 1 is 1.45 bits per heavy atom. The molecule has 0 unspecified atom stereocenters. The molecule has 2 heterocycles. The molecule has 5 nitrogen and oxygen atoms in total. The lowest BCUT2D eigenvalue weighted by Crippen LogP contribution is -2.25. The Morgan fingerprint density at radius 2 is 2.32 bits per heavy atom. The van der Waals surface area contributed by atoms with E-state index in [2.05, 4.69) is 10.6 Å². The molecule has 2 amide bonds. The molecule has 0 radical (unpaired) electrons. The summed E-state index contributed by atoms with van der Waals surface area (Å²) < 4.78 is 5.29. The topological polar surface area (TPSA) is 67.4 Å². The summed E-state index contributed by atoms with van der Waals surface area (Å²) in [6.45, 7) is -0.0553. The summed E-state index contributed by atoms with van der Waals surface area (Å²) in [4.78, 5) is 24.1. The first-order chi connectivity index (χ1) is 10.6. The van der Waals surface area contributed by atoms with Crippen LogP contribution in [-0.4, -0.2) is 18.4 Å². The number of nitrogens with one attached hydrogen (secondary N) is 2. The van der Waals surface area contributed by atoms with Gasteiger partial charge in [0.25, 0.3) is 5.91 Å². The highest BCUT2D eigenvalue weighted by atomic mass is 35.5. The second-order valence-corrected chi connectivity index (χ2v) is 5.89. The quantitative estimate of drug-likeness (QED) is 0.845. The predicted octanol–water partition coefficient (Wildman–Crippen LogP) is 3.38. The number of hydrogen-bond donors (Lipinski definition) is 2. The summed E-state index contributed by atoms with van der Waals surface area (Å²) in [5, 5.41) is 7.60. The van der Waals surface area contributed by atoms with E-state index in [1.165, 1.54) is 6.08 Å². The summed E-state index contributed by atoms with van der Waals surface area (Å²) in [5.74, 6) is -0.0594. The molecule has 0 aliphatic carbocycles. The monoisotopic (exact) mass is 334 g/mol. The van der Waals surface area contributed by atoms with E-state index in [4.69, 9.17) is 16.3 Å². The van der Waals surface area contributed by atoms with Crippen LogP contribution in [0.25, 0.3) is 6.08 Å². The molecule has 0 saturated heterocycles. The molecular weight excluding hydrogens is 324 g/mol. The molecule has 0 saturated carbocycles. The number of ether oxygens (including phenoxy) is 1. The van der Waals surface area contributed by atoms with Gasteiger partial charge in [-0.15, -0.1) is 11.3 Å². The van der Waals surface area contributed by atoms with Crippen LogP contribution in [0.15, 0.2) is 35.7 Å². The molecule has 2 aromatic rings. The molecule has 1 aromatic heterocycles. The van der Waals surface area contributed by atoms with Crippen molar-refractivity contribution in [3.05, 3.63) is 45.6 Å². The van der Waals surface area contributed by atoms with Gasteiger partial charge in [0.05, 0.1) is 16.4 Å². The average molecular weight is 335 g/mol. The van der Waals surface area contributed by atoms with Crippen LogP contribution in [0.4, 0.5) is 11.4 Å². The number of anilines is 2. The molecule has 0 bridgehead atoms. The first-order valence-corrected chi connectivity index (χ1v) is 7.66. The Balaban J connectivity index is 1.75. The summed E-state index contributed by atoms with van der Waals surface area (Å²) in [5.41, 5.74) is 0.922. The highest BCUT2D eigenvalue weighted by molar-refractivity contribution is 7.10. The van der Waals surface area contributed by atoms with Gasteiger partial charge in [0.15, 0.2) is 6.61 Å². The lowest BCUT2D eigenvalue weighted by atomic mass is 10.2. The van der Waals surface area contributed by atoms with Gasteiger partial charge in [0, 0.05) is 17.0 Å². The lowest BCUT2D eigenvalue weighted by molar-refractivity contribution is -0.118. The summed E-state index contributed by atoms with van der Waals surface area (Å²) >= 11 is 7.65. The fraction of sp³-hybridized carbons (Fsp3) is 0.0667. The number of benzene rings is 1. The van der Waals surface area contributed by atoms with Crippen LogP contribution in [0.2, 0.25) is 5.02 Å². The van der Waals surface area contributed by atoms with E-state index >= 15 is 0 Å². The highest BCUT2D eigenvalue weighted by Gasteiger charge is 2.18. The zero-order valence-electron chi connectivity index (χ0n) is 11.3. The zero-order valence-corrected chi connectivity index (χ0v) is 12.8. The third-order valence-corrected chi connectivity index (χ3v) is 4.05. The van der Waals surface area contributed by atoms with Crippen LogP contribution in [-0.2, 0) is 9.59 Å². The van der Waals surface area contributed by atoms with Gasteiger partial charge in [0.1, 0.15) is 5.75 Å². The normalized spacial score (nSPS) is 13.4. The Hall–Kier alpha value is -2.31. The van der Waals surface area contributed by atoms with Crippen LogP contribution in [0, 0.1) is 0 Å². The van der Waals surface area contributed by atoms with Crippen molar-refractivity contribution in [2.45, 2.75) is 0 Å². The van der Waals surface area contributed by atoms with Crippen molar-refractivity contribution in [2.24, 2.45) is 0 Å². The minimum atomic E-state index is -0.296. The first-order valence-electron chi connectivity index (χ1n) is 6.40. The van der Waals surface area contributed by atoms with E-state index in [-0.39, 0.29) is 18.4 Å². The van der Waals surface area contributed by atoms with Crippen LogP contribution >= 0.6 is 22.9 Å². The van der Waals surface area contributed by atoms with Crippen molar-refractivity contribution in [3.63, 3.8) is 0 Å². The van der Waals surface area contributed by atoms with E-state index in [9.17, 15) is 9.59 Å². The molecule has 1 aliphatic rings. The molecular formula is C15H11ClN2O3S. The first kappa shape index (κ1) is 14.6. The van der Waals surface area contributed by atoms with Gasteiger partial charge in [0.2, 0.25) is 5.91 Å². The summed E-state index contributed by atoms with van der Waals surface area (Å²) in [6, 6.07) is 6.96. The molecule has 2 N–H and O–H groups in total. The second-order valence-electron chi connectivity index (χ2n) is 4.50. The van der Waals surface area contributed by atoms with E-state index < -0.39 is 0 Å². The lowest BCUT2D eigenvalue weighted by Gasteiger charge is -2.19. The van der Waals surface area contributed by atoms with E-state index in [0.29, 0.717) is 22.1 Å². The Kier molecular flexibility index (Phi) is 4.13. The van der Waals surface area contributed by atoms with Gasteiger partial charge in [-0.2, -0.15) is 0 Å². The van der Waals surface area contributed by atoms with E-state index in [1.54, 1.807) is 29.5 Å². The number of carbonyl (C=O) groups is 2. The Bertz CT molecular complexity index is 756. The zero-order chi connectivity index (χ0) is 15.5. The minimum Gasteiger partial charge on any atom is -0.482 e. The van der Waals surface area contributed by atoms with Crippen molar-refractivity contribution in [3.8, 4) is 5.75 Å². The number of carbonyl (C=O) groups excluding carboxylic acids is 2. The standard InChI is InChI=1S/C15H11ClN2O3S/c16-10-6-12-13(21-8-15(20)18-12)7-11(10)17-14(19)4-3-9-2-1-5-22-9/h1-7H,8H2,(H,17,19)(H,18,20). The van der Waals surface area contributed by atoms with Crippen molar-refractivity contribution in [1.82, 2.24) is 0 Å². The maximum absolute atomic E-state index is 11.9. The molecule has 0 spiro atoms. The van der Waals surface area contributed by atoms with Crippen LogP contribution in [0.3, 0.4) is 0 Å². The fourth-order valence-electron chi connectivity index (χ4n) is 1.91. The largest absolute Gasteiger partial charge is 0.482 e. The molecule has 1 aromatic carbocycles. The highest BCUT2D eigenvalue weighted by Crippen LogP contribution is 2.36. The average Bonchev–Trinajstić information content (AvgIpc) is 2.99. The summed E-state index contributed by atoms with van der Waals surface area (Å²) in [6.07, 6.45) is 3.16. The molecule has 112 valence electrons. The van der Waals surface area contributed by atoms with Crippen LogP contribution < -0.4 is 15.4 Å². The smallest absolute Gasteiger partial charge is 0.262 e. The third kappa shape index (κ3) is 3.29. The number of hydrogen-bond acceptors (Lipinski definition) is 4. The number of fused-ring (bicyclic) bond motifs is 1. The Morgan fingerprint density at radius 3 is 3.09 bits per heavy atom. The van der Waals surface area contributed by atoms with Gasteiger partial charge in [-0.3, -0.25) is 9.59 Å². The van der Waals surface area contributed by atoms with Crippen molar-refractivity contribution >= 4 is 52.2 Å². The van der Waals surface area contributed by atoms with Crippen molar-refractivity contribution in [1.29, 1.82) is 0 Å².